The van der Waals surface area contributed by atoms with Crippen LogP contribution in [0.3, 0.4) is 0 Å². The summed E-state index contributed by atoms with van der Waals surface area (Å²) in [5.41, 5.74) is 5.72. The maximum atomic E-state index is 9.57. The summed E-state index contributed by atoms with van der Waals surface area (Å²) in [6.45, 7) is 0. The van der Waals surface area contributed by atoms with Crippen LogP contribution in [0.5, 0.6) is 11.5 Å². The van der Waals surface area contributed by atoms with E-state index in [1.165, 1.54) is 22.0 Å². The van der Waals surface area contributed by atoms with E-state index in [9.17, 15) is 5.11 Å². The SMILES string of the molecule is COc1cc(/C=N/Nc2nc(-c3ccc(I)cc3)cs2)ccc1O. The second kappa shape index (κ2) is 7.63. The Morgan fingerprint density at radius 1 is 1.25 bits per heavy atom. The Labute approximate surface area is 157 Å². The van der Waals surface area contributed by atoms with Gasteiger partial charge in [-0.25, -0.2) is 4.98 Å². The highest BCUT2D eigenvalue weighted by Crippen LogP contribution is 2.26. The number of phenols is 1. The molecule has 0 aliphatic carbocycles. The normalized spacial score (nSPS) is 10.9. The topological polar surface area (TPSA) is 66.7 Å². The lowest BCUT2D eigenvalue weighted by Crippen LogP contribution is -1.91. The molecule has 7 heteroatoms. The smallest absolute Gasteiger partial charge is 0.203 e. The molecule has 0 aliphatic heterocycles. The largest absolute Gasteiger partial charge is 0.504 e. The number of ether oxygens (including phenoxy) is 1. The summed E-state index contributed by atoms with van der Waals surface area (Å²) in [7, 11) is 1.51. The molecular weight excluding hydrogens is 437 g/mol. The molecule has 1 aromatic heterocycles. The molecule has 0 spiro atoms. The van der Waals surface area contributed by atoms with E-state index in [1.807, 2.05) is 17.5 Å². The zero-order valence-electron chi connectivity index (χ0n) is 12.7. The third kappa shape index (κ3) is 4.04. The highest BCUT2D eigenvalue weighted by Gasteiger charge is 2.04. The molecule has 2 N–H and O–H groups in total. The van der Waals surface area contributed by atoms with Crippen LogP contribution in [0.4, 0.5) is 5.13 Å². The van der Waals surface area contributed by atoms with Gasteiger partial charge in [0, 0.05) is 14.5 Å². The number of aromatic hydroxyl groups is 1. The Morgan fingerprint density at radius 2 is 2.04 bits per heavy atom. The van der Waals surface area contributed by atoms with Crippen molar-refractivity contribution < 1.29 is 9.84 Å². The molecule has 3 rings (SSSR count). The van der Waals surface area contributed by atoms with Crippen molar-refractivity contribution in [3.05, 3.63) is 57.0 Å². The Bertz CT molecular complexity index is 863. The Kier molecular flexibility index (Phi) is 5.31. The lowest BCUT2D eigenvalue weighted by atomic mass is 10.2. The zero-order valence-corrected chi connectivity index (χ0v) is 15.7. The van der Waals surface area contributed by atoms with E-state index >= 15 is 0 Å². The van der Waals surface area contributed by atoms with Gasteiger partial charge in [-0.3, -0.25) is 5.43 Å². The number of thiazole rings is 1. The van der Waals surface area contributed by atoms with Gasteiger partial charge < -0.3 is 9.84 Å². The lowest BCUT2D eigenvalue weighted by molar-refractivity contribution is 0.373. The van der Waals surface area contributed by atoms with Crippen LogP contribution >= 0.6 is 33.9 Å². The fourth-order valence-corrected chi connectivity index (χ4v) is 3.04. The van der Waals surface area contributed by atoms with Crippen LogP contribution < -0.4 is 10.2 Å². The molecule has 0 radical (unpaired) electrons. The average Bonchev–Trinajstić information content (AvgIpc) is 3.06. The first-order valence-corrected chi connectivity index (χ1v) is 8.99. The molecule has 122 valence electrons. The fraction of sp³-hybridized carbons (Fsp3) is 0.0588. The number of halogens is 1. The average molecular weight is 451 g/mol. The van der Waals surface area contributed by atoms with Crippen LogP contribution in [0.15, 0.2) is 52.9 Å². The van der Waals surface area contributed by atoms with Crippen molar-refractivity contribution in [1.29, 1.82) is 0 Å². The summed E-state index contributed by atoms with van der Waals surface area (Å²) < 4.78 is 6.26. The van der Waals surface area contributed by atoms with Crippen LogP contribution in [-0.4, -0.2) is 23.4 Å². The van der Waals surface area contributed by atoms with Crippen LogP contribution in [0, 0.1) is 3.57 Å². The van der Waals surface area contributed by atoms with E-state index in [0.717, 1.165) is 16.8 Å². The predicted molar refractivity (Wildman–Crippen MR) is 106 cm³/mol. The first-order chi connectivity index (χ1) is 11.7. The van der Waals surface area contributed by atoms with Crippen molar-refractivity contribution in [2.45, 2.75) is 0 Å². The summed E-state index contributed by atoms with van der Waals surface area (Å²) >= 11 is 3.77. The number of rotatable bonds is 5. The van der Waals surface area contributed by atoms with Crippen molar-refractivity contribution >= 4 is 45.3 Å². The summed E-state index contributed by atoms with van der Waals surface area (Å²) in [6.07, 6.45) is 1.65. The van der Waals surface area contributed by atoms with Gasteiger partial charge in [-0.05, 0) is 58.5 Å². The van der Waals surface area contributed by atoms with Crippen molar-refractivity contribution in [3.8, 4) is 22.8 Å². The molecule has 0 amide bonds. The Hall–Kier alpha value is -2.13. The quantitative estimate of drug-likeness (QED) is 0.339. The molecule has 0 bridgehead atoms. The molecule has 3 aromatic rings. The molecule has 2 aromatic carbocycles. The summed E-state index contributed by atoms with van der Waals surface area (Å²) in [4.78, 5) is 4.52. The highest BCUT2D eigenvalue weighted by atomic mass is 127. The van der Waals surface area contributed by atoms with Gasteiger partial charge in [0.05, 0.1) is 19.0 Å². The van der Waals surface area contributed by atoms with Crippen molar-refractivity contribution in [3.63, 3.8) is 0 Å². The monoisotopic (exact) mass is 451 g/mol. The van der Waals surface area contributed by atoms with Gasteiger partial charge in [0.1, 0.15) is 0 Å². The molecule has 0 unspecified atom stereocenters. The first kappa shape index (κ1) is 16.7. The minimum Gasteiger partial charge on any atom is -0.504 e. The molecule has 0 atom stereocenters. The second-order valence-electron chi connectivity index (χ2n) is 4.85. The number of hydrazone groups is 1. The highest BCUT2D eigenvalue weighted by molar-refractivity contribution is 14.1. The molecule has 24 heavy (non-hydrogen) atoms. The van der Waals surface area contributed by atoms with Crippen LogP contribution in [-0.2, 0) is 0 Å². The lowest BCUT2D eigenvalue weighted by Gasteiger charge is -2.03. The number of hydrogen-bond acceptors (Lipinski definition) is 6. The Morgan fingerprint density at radius 3 is 2.79 bits per heavy atom. The van der Waals surface area contributed by atoms with E-state index in [4.69, 9.17) is 4.74 Å². The standard InChI is InChI=1S/C17H14IN3O2S/c1-23-16-8-11(2-7-15(16)22)9-19-21-17-20-14(10-24-17)12-3-5-13(18)6-4-12/h2-10,22H,1H3,(H,20,21)/b19-9+. The number of hydrogen-bond donors (Lipinski definition) is 2. The molecule has 1 heterocycles. The van der Waals surface area contributed by atoms with E-state index in [0.29, 0.717) is 10.9 Å². The van der Waals surface area contributed by atoms with Crippen LogP contribution in [0.2, 0.25) is 0 Å². The van der Waals surface area contributed by atoms with Gasteiger partial charge in [0.2, 0.25) is 5.13 Å². The van der Waals surface area contributed by atoms with E-state index in [-0.39, 0.29) is 5.75 Å². The summed E-state index contributed by atoms with van der Waals surface area (Å²) in [5, 5.41) is 16.4. The number of nitrogens with zero attached hydrogens (tertiary/aromatic N) is 2. The van der Waals surface area contributed by atoms with Gasteiger partial charge >= 0.3 is 0 Å². The van der Waals surface area contributed by atoms with E-state index in [1.54, 1.807) is 24.4 Å². The van der Waals surface area contributed by atoms with Gasteiger partial charge in [-0.2, -0.15) is 5.10 Å². The van der Waals surface area contributed by atoms with Gasteiger partial charge in [-0.1, -0.05) is 12.1 Å². The molecular formula is C17H14IN3O2S. The number of methoxy groups -OCH3 is 1. The molecule has 5 nitrogen and oxygen atoms in total. The minimum atomic E-state index is 0.102. The molecule has 0 saturated heterocycles. The number of benzene rings is 2. The van der Waals surface area contributed by atoms with E-state index in [2.05, 4.69) is 50.2 Å². The van der Waals surface area contributed by atoms with Crippen molar-refractivity contribution in [2.75, 3.05) is 12.5 Å². The van der Waals surface area contributed by atoms with Gasteiger partial charge in [0.15, 0.2) is 11.5 Å². The number of anilines is 1. The van der Waals surface area contributed by atoms with Crippen LogP contribution in [0.1, 0.15) is 5.56 Å². The maximum absolute atomic E-state index is 9.57. The van der Waals surface area contributed by atoms with Gasteiger partial charge in [-0.15, -0.1) is 11.3 Å². The van der Waals surface area contributed by atoms with Gasteiger partial charge in [0.25, 0.3) is 0 Å². The van der Waals surface area contributed by atoms with Crippen molar-refractivity contribution in [2.24, 2.45) is 5.10 Å². The molecule has 0 saturated carbocycles. The summed E-state index contributed by atoms with van der Waals surface area (Å²) in [6, 6.07) is 13.2. The third-order valence-electron chi connectivity index (χ3n) is 3.22. The molecule has 0 fully saturated rings. The third-order valence-corrected chi connectivity index (χ3v) is 4.69. The fourth-order valence-electron chi connectivity index (χ4n) is 2.01. The second-order valence-corrected chi connectivity index (χ2v) is 6.95. The summed E-state index contributed by atoms with van der Waals surface area (Å²) in [5.74, 6) is 0.513. The van der Waals surface area contributed by atoms with E-state index < -0.39 is 0 Å². The van der Waals surface area contributed by atoms with Crippen LogP contribution in [0.25, 0.3) is 11.3 Å². The van der Waals surface area contributed by atoms with Crippen molar-refractivity contribution in [1.82, 2.24) is 4.98 Å². The zero-order chi connectivity index (χ0) is 16.9. The number of aromatic nitrogens is 1. The number of nitrogens with one attached hydrogen (secondary N) is 1. The maximum Gasteiger partial charge on any atom is 0.203 e. The minimum absolute atomic E-state index is 0.102. The predicted octanol–water partition coefficient (Wildman–Crippen LogP) is 4.57. The molecule has 0 aliphatic rings. The number of phenolic OH excluding ortho intramolecular Hbond substituents is 1. The Balaban J connectivity index is 1.68. The first-order valence-electron chi connectivity index (χ1n) is 7.03.